The molecule has 0 spiro atoms. The third-order valence-electron chi connectivity index (χ3n) is 2.97. The molecule has 2 N–H and O–H groups in total. The molecule has 0 aliphatic heterocycles. The third kappa shape index (κ3) is 2.38. The lowest BCUT2D eigenvalue weighted by atomic mass is 10.3. The number of sulfonamides is 1. The summed E-state index contributed by atoms with van der Waals surface area (Å²) >= 11 is 0. The smallest absolute Gasteiger partial charge is 0.274 e. The molecule has 1 fully saturated rings. The molecular weight excluding hydrogens is 277 g/mol. The summed E-state index contributed by atoms with van der Waals surface area (Å²) < 4.78 is 39.2. The first-order chi connectivity index (χ1) is 8.75. The summed E-state index contributed by atoms with van der Waals surface area (Å²) in [5.74, 6) is -1.21. The zero-order valence-corrected chi connectivity index (χ0v) is 10.9. The van der Waals surface area contributed by atoms with Crippen molar-refractivity contribution in [1.29, 1.82) is 0 Å². The summed E-state index contributed by atoms with van der Waals surface area (Å²) in [6.07, 6.45) is 1.43. The second-order valence-corrected chi connectivity index (χ2v) is 6.29. The Hall–Kier alpha value is -1.74. The van der Waals surface area contributed by atoms with Gasteiger partial charge in [-0.05, 0) is 12.8 Å². The van der Waals surface area contributed by atoms with Crippen molar-refractivity contribution in [2.45, 2.75) is 23.8 Å². The topological polar surface area (TPSA) is 107 Å². The van der Waals surface area contributed by atoms with Crippen molar-refractivity contribution in [3.63, 3.8) is 0 Å². The molecule has 0 heterocycles. The van der Waals surface area contributed by atoms with E-state index in [1.165, 1.54) is 7.05 Å². The molecule has 19 heavy (non-hydrogen) atoms. The van der Waals surface area contributed by atoms with Crippen LogP contribution in [0.25, 0.3) is 0 Å². The fourth-order valence-electron chi connectivity index (χ4n) is 1.76. The van der Waals surface area contributed by atoms with E-state index in [9.17, 15) is 22.9 Å². The molecule has 0 saturated heterocycles. The fraction of sp³-hybridized carbons (Fsp3) is 0.400. The summed E-state index contributed by atoms with van der Waals surface area (Å²) in [4.78, 5) is 9.01. The van der Waals surface area contributed by atoms with E-state index in [1.54, 1.807) is 0 Å². The summed E-state index contributed by atoms with van der Waals surface area (Å²) in [5.41, 5.74) is 4.41. The number of nitro groups is 1. The molecule has 1 aromatic carbocycles. The van der Waals surface area contributed by atoms with E-state index in [4.69, 9.17) is 5.73 Å². The Bertz CT molecular complexity index is 619. The number of benzene rings is 1. The average Bonchev–Trinajstić information content (AvgIpc) is 3.10. The maximum atomic E-state index is 13.8. The minimum absolute atomic E-state index is 0.154. The molecule has 9 heteroatoms. The van der Waals surface area contributed by atoms with Gasteiger partial charge < -0.3 is 5.73 Å². The molecule has 1 saturated carbocycles. The first kappa shape index (κ1) is 13.7. The number of nitro benzene ring substituents is 1. The molecule has 0 radical (unpaired) electrons. The molecule has 0 unspecified atom stereocenters. The van der Waals surface area contributed by atoms with E-state index < -0.39 is 37.0 Å². The van der Waals surface area contributed by atoms with Gasteiger partial charge in [0.15, 0.2) is 5.82 Å². The van der Waals surface area contributed by atoms with Crippen molar-refractivity contribution < 1.29 is 17.7 Å². The normalized spacial score (nSPS) is 15.7. The van der Waals surface area contributed by atoms with Crippen molar-refractivity contribution in [1.82, 2.24) is 4.31 Å². The first-order valence-corrected chi connectivity index (χ1v) is 6.90. The molecule has 2 rings (SSSR count). The number of anilines is 1. The molecule has 7 nitrogen and oxygen atoms in total. The van der Waals surface area contributed by atoms with E-state index in [0.717, 1.165) is 10.4 Å². The summed E-state index contributed by atoms with van der Waals surface area (Å²) in [7, 11) is -2.73. The average molecular weight is 289 g/mol. The summed E-state index contributed by atoms with van der Waals surface area (Å²) in [6, 6.07) is 1.25. The van der Waals surface area contributed by atoms with E-state index in [0.29, 0.717) is 18.9 Å². The minimum Gasteiger partial charge on any atom is -0.397 e. The molecule has 0 aromatic heterocycles. The molecule has 1 aromatic rings. The van der Waals surface area contributed by atoms with Crippen molar-refractivity contribution >= 4 is 21.4 Å². The van der Waals surface area contributed by atoms with E-state index in [-0.39, 0.29) is 6.04 Å². The number of rotatable bonds is 4. The Morgan fingerprint density at radius 1 is 1.47 bits per heavy atom. The predicted octanol–water partition coefficient (Wildman–Crippen LogP) is 1.10. The highest BCUT2D eigenvalue weighted by atomic mass is 32.2. The Kier molecular flexibility index (Phi) is 3.19. The Balaban J connectivity index is 2.53. The van der Waals surface area contributed by atoms with Gasteiger partial charge in [-0.15, -0.1) is 0 Å². The highest BCUT2D eigenvalue weighted by molar-refractivity contribution is 7.89. The number of nitrogens with zero attached hydrogens (tertiary/aromatic N) is 2. The standard InChI is InChI=1S/C10H12FN3O4S/c1-13(6-2-3-6)19(17,18)10-8(11)4-7(14(15)16)5-9(10)12/h4-6H,2-3,12H2,1H3. The van der Waals surface area contributed by atoms with Gasteiger partial charge in [0.2, 0.25) is 10.0 Å². The second-order valence-electron chi connectivity index (χ2n) is 4.36. The van der Waals surface area contributed by atoms with Gasteiger partial charge in [0, 0.05) is 19.2 Å². The molecule has 1 aliphatic rings. The second kappa shape index (κ2) is 4.42. The number of hydrogen-bond donors (Lipinski definition) is 1. The lowest BCUT2D eigenvalue weighted by Crippen LogP contribution is -2.30. The first-order valence-electron chi connectivity index (χ1n) is 5.46. The van der Waals surface area contributed by atoms with Crippen LogP contribution < -0.4 is 5.73 Å². The molecule has 1 aliphatic carbocycles. The maximum absolute atomic E-state index is 13.8. The number of halogens is 1. The van der Waals surface area contributed by atoms with Crippen LogP contribution in [0.1, 0.15) is 12.8 Å². The van der Waals surface area contributed by atoms with Crippen LogP contribution in [0.4, 0.5) is 15.8 Å². The van der Waals surface area contributed by atoms with Crippen LogP contribution in [0, 0.1) is 15.9 Å². The van der Waals surface area contributed by atoms with Gasteiger partial charge in [0.1, 0.15) is 4.90 Å². The van der Waals surface area contributed by atoms with Gasteiger partial charge in [-0.1, -0.05) is 0 Å². The number of nitrogens with two attached hydrogens (primary N) is 1. The highest BCUT2D eigenvalue weighted by Crippen LogP contribution is 2.34. The zero-order chi connectivity index (χ0) is 14.4. The van der Waals surface area contributed by atoms with Crippen molar-refractivity contribution in [2.75, 3.05) is 12.8 Å². The molecular formula is C10H12FN3O4S. The van der Waals surface area contributed by atoms with Crippen LogP contribution in [0.2, 0.25) is 0 Å². The van der Waals surface area contributed by atoms with Crippen LogP contribution >= 0.6 is 0 Å². The quantitative estimate of drug-likeness (QED) is 0.507. The number of nitrogen functional groups attached to an aromatic ring is 1. The molecule has 0 amide bonds. The van der Waals surface area contributed by atoms with E-state index >= 15 is 0 Å². The van der Waals surface area contributed by atoms with Crippen LogP contribution in [-0.2, 0) is 10.0 Å². The highest BCUT2D eigenvalue weighted by Gasteiger charge is 2.38. The lowest BCUT2D eigenvalue weighted by molar-refractivity contribution is -0.385. The lowest BCUT2D eigenvalue weighted by Gasteiger charge is -2.17. The van der Waals surface area contributed by atoms with Crippen molar-refractivity contribution in [3.05, 3.63) is 28.1 Å². The molecule has 0 atom stereocenters. The van der Waals surface area contributed by atoms with E-state index in [2.05, 4.69) is 0 Å². The van der Waals surface area contributed by atoms with Crippen LogP contribution in [0.5, 0.6) is 0 Å². The Morgan fingerprint density at radius 3 is 2.47 bits per heavy atom. The largest absolute Gasteiger partial charge is 0.397 e. The van der Waals surface area contributed by atoms with Gasteiger partial charge >= 0.3 is 0 Å². The van der Waals surface area contributed by atoms with Crippen molar-refractivity contribution in [2.24, 2.45) is 0 Å². The van der Waals surface area contributed by atoms with Gasteiger partial charge in [-0.3, -0.25) is 10.1 Å². The van der Waals surface area contributed by atoms with Gasteiger partial charge in [-0.25, -0.2) is 12.8 Å². The fourth-order valence-corrected chi connectivity index (χ4v) is 3.31. The van der Waals surface area contributed by atoms with Crippen LogP contribution in [0.15, 0.2) is 17.0 Å². The van der Waals surface area contributed by atoms with E-state index in [1.807, 2.05) is 0 Å². The third-order valence-corrected chi connectivity index (χ3v) is 4.97. The van der Waals surface area contributed by atoms with Crippen LogP contribution in [0.3, 0.4) is 0 Å². The number of non-ortho nitro benzene ring substituents is 1. The zero-order valence-electron chi connectivity index (χ0n) is 10.0. The summed E-state index contributed by atoms with van der Waals surface area (Å²) in [5, 5.41) is 10.5. The van der Waals surface area contributed by atoms with Gasteiger partial charge in [-0.2, -0.15) is 4.31 Å². The van der Waals surface area contributed by atoms with Gasteiger partial charge in [0.25, 0.3) is 5.69 Å². The maximum Gasteiger partial charge on any atom is 0.274 e. The summed E-state index contributed by atoms with van der Waals surface area (Å²) in [6.45, 7) is 0. The SMILES string of the molecule is CN(C1CC1)S(=O)(=O)c1c(N)cc([N+](=O)[O-])cc1F. The molecule has 104 valence electrons. The molecule has 0 bridgehead atoms. The number of hydrogen-bond acceptors (Lipinski definition) is 5. The monoisotopic (exact) mass is 289 g/mol. The Morgan fingerprint density at radius 2 is 2.05 bits per heavy atom. The van der Waals surface area contributed by atoms with Crippen LogP contribution in [-0.4, -0.2) is 30.7 Å². The minimum atomic E-state index is -4.07. The van der Waals surface area contributed by atoms with Crippen molar-refractivity contribution in [3.8, 4) is 0 Å². The Labute approximate surface area is 109 Å². The van der Waals surface area contributed by atoms with Gasteiger partial charge in [0.05, 0.1) is 16.7 Å². The predicted molar refractivity (Wildman–Crippen MR) is 65.4 cm³/mol.